The molecular weight excluding hydrogens is 244 g/mol. The summed E-state index contributed by atoms with van der Waals surface area (Å²) < 4.78 is 26.1. The van der Waals surface area contributed by atoms with Crippen LogP contribution in [0, 0.1) is 17.0 Å². The third-order valence-electron chi connectivity index (χ3n) is 3.27. The first kappa shape index (κ1) is 16.1. The van der Waals surface area contributed by atoms with Gasteiger partial charge in [0.15, 0.2) is 11.6 Å². The molecule has 1 atom stereocenters. The molecule has 0 aromatic heterocycles. The van der Waals surface area contributed by atoms with Gasteiger partial charge in [0, 0.05) is 6.04 Å². The van der Waals surface area contributed by atoms with Gasteiger partial charge in [0.2, 0.25) is 0 Å². The van der Waals surface area contributed by atoms with Crippen LogP contribution in [0.3, 0.4) is 0 Å². The van der Waals surface area contributed by atoms with Crippen molar-refractivity contribution in [2.45, 2.75) is 53.0 Å². The average Bonchev–Trinajstić information content (AvgIpc) is 2.30. The first-order valence-corrected chi connectivity index (χ1v) is 7.01. The fourth-order valence-electron chi connectivity index (χ4n) is 2.57. The van der Waals surface area contributed by atoms with Crippen LogP contribution in [0.25, 0.3) is 0 Å². The third kappa shape index (κ3) is 5.68. The molecule has 1 aromatic rings. The number of rotatable bonds is 7. The van der Waals surface area contributed by atoms with E-state index in [1.807, 2.05) is 0 Å². The molecule has 1 N–H and O–H groups in total. The zero-order valence-corrected chi connectivity index (χ0v) is 12.4. The highest BCUT2D eigenvalue weighted by molar-refractivity contribution is 5.19. The second kappa shape index (κ2) is 6.99. The van der Waals surface area contributed by atoms with E-state index in [-0.39, 0.29) is 5.41 Å². The van der Waals surface area contributed by atoms with Crippen LogP contribution in [0.2, 0.25) is 0 Å². The smallest absolute Gasteiger partial charge is 0.159 e. The van der Waals surface area contributed by atoms with Crippen LogP contribution in [0.15, 0.2) is 18.2 Å². The fourth-order valence-corrected chi connectivity index (χ4v) is 2.57. The lowest BCUT2D eigenvalue weighted by Crippen LogP contribution is -2.32. The Morgan fingerprint density at radius 3 is 2.47 bits per heavy atom. The van der Waals surface area contributed by atoms with Gasteiger partial charge in [-0.25, -0.2) is 8.78 Å². The molecule has 3 heteroatoms. The fraction of sp³-hybridized carbons (Fsp3) is 0.625. The summed E-state index contributed by atoms with van der Waals surface area (Å²) in [6, 6.07) is 4.62. The summed E-state index contributed by atoms with van der Waals surface area (Å²) in [5.41, 5.74) is 0.913. The van der Waals surface area contributed by atoms with Crippen molar-refractivity contribution in [3.63, 3.8) is 0 Å². The van der Waals surface area contributed by atoms with Crippen LogP contribution in [0.5, 0.6) is 0 Å². The van der Waals surface area contributed by atoms with Crippen molar-refractivity contribution in [1.82, 2.24) is 5.32 Å². The van der Waals surface area contributed by atoms with Gasteiger partial charge in [-0.3, -0.25) is 0 Å². The number of benzene rings is 1. The SMILES string of the molecule is CCCNC(C)CC(C)(C)Cc1ccc(F)c(F)c1. The van der Waals surface area contributed by atoms with Gasteiger partial charge in [-0.2, -0.15) is 0 Å². The molecule has 0 spiro atoms. The molecule has 108 valence electrons. The van der Waals surface area contributed by atoms with Crippen LogP contribution in [-0.2, 0) is 6.42 Å². The maximum atomic E-state index is 13.2. The molecule has 1 nitrogen and oxygen atoms in total. The topological polar surface area (TPSA) is 12.0 Å². The molecule has 0 aliphatic carbocycles. The third-order valence-corrected chi connectivity index (χ3v) is 3.27. The monoisotopic (exact) mass is 269 g/mol. The van der Waals surface area contributed by atoms with Gasteiger partial charge in [-0.05, 0) is 55.8 Å². The first-order valence-electron chi connectivity index (χ1n) is 7.01. The summed E-state index contributed by atoms with van der Waals surface area (Å²) in [5, 5.41) is 3.46. The summed E-state index contributed by atoms with van der Waals surface area (Å²) in [7, 11) is 0. The molecular formula is C16H25F2N. The molecule has 0 amide bonds. The first-order chi connectivity index (χ1) is 8.84. The molecule has 1 rings (SSSR count). The van der Waals surface area contributed by atoms with E-state index in [0.29, 0.717) is 6.04 Å². The normalized spacial score (nSPS) is 13.6. The van der Waals surface area contributed by atoms with Gasteiger partial charge in [0.05, 0.1) is 0 Å². The van der Waals surface area contributed by atoms with Crippen molar-refractivity contribution < 1.29 is 8.78 Å². The molecule has 0 fully saturated rings. The second-order valence-electron chi connectivity index (χ2n) is 6.15. The lowest BCUT2D eigenvalue weighted by atomic mass is 9.80. The van der Waals surface area contributed by atoms with Crippen LogP contribution in [-0.4, -0.2) is 12.6 Å². The zero-order chi connectivity index (χ0) is 14.5. The van der Waals surface area contributed by atoms with Crippen molar-refractivity contribution in [3.8, 4) is 0 Å². The van der Waals surface area contributed by atoms with Crippen molar-refractivity contribution in [2.24, 2.45) is 5.41 Å². The number of halogens is 2. The van der Waals surface area contributed by atoms with Gasteiger partial charge in [-0.15, -0.1) is 0 Å². The Morgan fingerprint density at radius 2 is 1.89 bits per heavy atom. The van der Waals surface area contributed by atoms with Crippen molar-refractivity contribution >= 4 is 0 Å². The lowest BCUT2D eigenvalue weighted by Gasteiger charge is -2.29. The summed E-state index contributed by atoms with van der Waals surface area (Å²) in [6.07, 6.45) is 2.88. The van der Waals surface area contributed by atoms with Crippen molar-refractivity contribution in [1.29, 1.82) is 0 Å². The Balaban J connectivity index is 2.60. The molecule has 19 heavy (non-hydrogen) atoms. The van der Waals surface area contributed by atoms with Crippen LogP contribution < -0.4 is 5.32 Å². The van der Waals surface area contributed by atoms with E-state index in [2.05, 4.69) is 33.0 Å². The minimum absolute atomic E-state index is 0.0599. The largest absolute Gasteiger partial charge is 0.314 e. The van der Waals surface area contributed by atoms with Gasteiger partial charge >= 0.3 is 0 Å². The Hall–Kier alpha value is -0.960. The van der Waals surface area contributed by atoms with E-state index in [9.17, 15) is 8.78 Å². The summed E-state index contributed by atoms with van der Waals surface area (Å²) in [6.45, 7) is 9.66. The number of hydrogen-bond acceptors (Lipinski definition) is 1. The molecule has 1 unspecified atom stereocenters. The quantitative estimate of drug-likeness (QED) is 0.777. The molecule has 0 aliphatic rings. The molecule has 0 radical (unpaired) electrons. The van der Waals surface area contributed by atoms with Crippen LogP contribution in [0.4, 0.5) is 8.78 Å². The Labute approximate surface area is 115 Å². The van der Waals surface area contributed by atoms with Crippen molar-refractivity contribution in [2.75, 3.05) is 6.54 Å². The standard InChI is InChI=1S/C16H25F2N/c1-5-8-19-12(2)10-16(3,4)11-13-6-7-14(17)15(18)9-13/h6-7,9,12,19H,5,8,10-11H2,1-4H3. The highest BCUT2D eigenvalue weighted by atomic mass is 19.2. The minimum Gasteiger partial charge on any atom is -0.314 e. The van der Waals surface area contributed by atoms with Crippen molar-refractivity contribution in [3.05, 3.63) is 35.4 Å². The molecule has 0 bridgehead atoms. The predicted molar refractivity (Wildman–Crippen MR) is 76.2 cm³/mol. The van der Waals surface area contributed by atoms with E-state index in [0.717, 1.165) is 31.4 Å². The van der Waals surface area contributed by atoms with Crippen LogP contribution in [0.1, 0.15) is 46.1 Å². The van der Waals surface area contributed by atoms with Gasteiger partial charge in [0.25, 0.3) is 0 Å². The van der Waals surface area contributed by atoms with E-state index >= 15 is 0 Å². The maximum Gasteiger partial charge on any atom is 0.159 e. The van der Waals surface area contributed by atoms with E-state index in [1.165, 1.54) is 12.1 Å². The lowest BCUT2D eigenvalue weighted by molar-refractivity contribution is 0.286. The van der Waals surface area contributed by atoms with Gasteiger partial charge < -0.3 is 5.32 Å². The Kier molecular flexibility index (Phi) is 5.92. The summed E-state index contributed by atoms with van der Waals surface area (Å²) in [4.78, 5) is 0. The summed E-state index contributed by atoms with van der Waals surface area (Å²) in [5.74, 6) is -1.54. The average molecular weight is 269 g/mol. The highest BCUT2D eigenvalue weighted by Gasteiger charge is 2.22. The minimum atomic E-state index is -0.778. The number of nitrogens with one attached hydrogen (secondary N) is 1. The molecule has 0 saturated carbocycles. The van der Waals surface area contributed by atoms with E-state index in [1.54, 1.807) is 6.07 Å². The highest BCUT2D eigenvalue weighted by Crippen LogP contribution is 2.28. The number of hydrogen-bond donors (Lipinski definition) is 1. The summed E-state index contributed by atoms with van der Waals surface area (Å²) >= 11 is 0. The Bertz CT molecular complexity index is 402. The second-order valence-corrected chi connectivity index (χ2v) is 6.15. The van der Waals surface area contributed by atoms with E-state index in [4.69, 9.17) is 0 Å². The zero-order valence-electron chi connectivity index (χ0n) is 12.4. The molecule has 0 saturated heterocycles. The Morgan fingerprint density at radius 1 is 1.21 bits per heavy atom. The van der Waals surface area contributed by atoms with E-state index < -0.39 is 11.6 Å². The van der Waals surface area contributed by atoms with Gasteiger partial charge in [-0.1, -0.05) is 26.8 Å². The van der Waals surface area contributed by atoms with Crippen LogP contribution >= 0.6 is 0 Å². The van der Waals surface area contributed by atoms with Gasteiger partial charge in [0.1, 0.15) is 0 Å². The molecule has 0 aliphatic heterocycles. The molecule has 1 aromatic carbocycles. The predicted octanol–water partition coefficient (Wildman–Crippen LogP) is 4.31. The maximum absolute atomic E-state index is 13.2. The molecule has 0 heterocycles.